The van der Waals surface area contributed by atoms with Gasteiger partial charge in [-0.1, -0.05) is 6.42 Å². The molecule has 2 fully saturated rings. The van der Waals surface area contributed by atoms with Gasteiger partial charge in [0.05, 0.1) is 12.2 Å². The van der Waals surface area contributed by atoms with Crippen LogP contribution < -0.4 is 5.32 Å². The number of nitrogens with zero attached hydrogens (tertiary/aromatic N) is 3. The Labute approximate surface area is 162 Å². The minimum atomic E-state index is 0.0581. The van der Waals surface area contributed by atoms with E-state index >= 15 is 0 Å². The first-order chi connectivity index (χ1) is 12.6. The highest BCUT2D eigenvalue weighted by atomic mass is 32.1. The van der Waals surface area contributed by atoms with E-state index in [1.54, 1.807) is 18.4 Å². The molecule has 1 heterocycles. The highest BCUT2D eigenvalue weighted by Crippen LogP contribution is 2.49. The van der Waals surface area contributed by atoms with E-state index in [1.807, 2.05) is 6.92 Å². The molecule has 1 aromatic rings. The van der Waals surface area contributed by atoms with Crippen molar-refractivity contribution >= 4 is 17.3 Å². The molecule has 5 nitrogen and oxygen atoms in total. The lowest BCUT2D eigenvalue weighted by Gasteiger charge is -2.23. The van der Waals surface area contributed by atoms with Crippen LogP contribution in [0, 0.1) is 17.8 Å². The summed E-state index contributed by atoms with van der Waals surface area (Å²) in [4.78, 5) is 11.8. The smallest absolute Gasteiger partial charge is 0.194 e. The Bertz CT molecular complexity index is 602. The monoisotopic (exact) mass is 378 g/mol. The van der Waals surface area contributed by atoms with Crippen molar-refractivity contribution in [2.75, 3.05) is 27.2 Å². The molecule has 146 valence electrons. The molecule has 0 aromatic carbocycles. The van der Waals surface area contributed by atoms with E-state index < -0.39 is 0 Å². The summed E-state index contributed by atoms with van der Waals surface area (Å²) in [5.74, 6) is 3.93. The second-order valence-electron chi connectivity index (χ2n) is 7.87. The van der Waals surface area contributed by atoms with Crippen LogP contribution >= 0.6 is 11.3 Å². The van der Waals surface area contributed by atoms with Gasteiger partial charge in [-0.3, -0.25) is 4.99 Å². The van der Waals surface area contributed by atoms with Crippen molar-refractivity contribution in [3.05, 3.63) is 16.1 Å². The van der Waals surface area contributed by atoms with Gasteiger partial charge in [0.2, 0.25) is 0 Å². The summed E-state index contributed by atoms with van der Waals surface area (Å²) in [7, 11) is 3.82. The first-order valence-corrected chi connectivity index (χ1v) is 10.9. The zero-order valence-electron chi connectivity index (χ0n) is 16.7. The van der Waals surface area contributed by atoms with Gasteiger partial charge in [-0.25, -0.2) is 4.98 Å². The predicted octanol–water partition coefficient (Wildman–Crippen LogP) is 4.07. The fourth-order valence-electron chi connectivity index (χ4n) is 4.54. The number of aromatic nitrogens is 1. The molecule has 0 saturated heterocycles. The molecule has 0 radical (unpaired) electrons. The van der Waals surface area contributed by atoms with Crippen LogP contribution in [0.3, 0.4) is 0 Å². The maximum atomic E-state index is 5.36. The molecule has 1 aromatic heterocycles. The second-order valence-corrected chi connectivity index (χ2v) is 8.76. The van der Waals surface area contributed by atoms with Crippen LogP contribution in [-0.4, -0.2) is 43.1 Å². The number of fused-ring (bicyclic) bond motifs is 2. The number of guanidine groups is 1. The van der Waals surface area contributed by atoms with Crippen molar-refractivity contribution in [1.29, 1.82) is 0 Å². The fourth-order valence-corrected chi connectivity index (χ4v) is 5.38. The zero-order chi connectivity index (χ0) is 18.5. The third kappa shape index (κ3) is 4.77. The summed E-state index contributed by atoms with van der Waals surface area (Å²) in [5, 5.41) is 6.59. The lowest BCUT2D eigenvalue weighted by atomic mass is 9.86. The van der Waals surface area contributed by atoms with Crippen LogP contribution in [0.25, 0.3) is 0 Å². The molecule has 3 rings (SSSR count). The molecule has 2 bridgehead atoms. The number of thiazole rings is 1. The number of rotatable bonds is 8. The van der Waals surface area contributed by atoms with Gasteiger partial charge in [0.25, 0.3) is 0 Å². The van der Waals surface area contributed by atoms with Gasteiger partial charge in [-0.2, -0.15) is 0 Å². The molecule has 4 atom stereocenters. The van der Waals surface area contributed by atoms with E-state index in [2.05, 4.69) is 29.6 Å². The molecule has 2 saturated carbocycles. The molecular weight excluding hydrogens is 344 g/mol. The van der Waals surface area contributed by atoms with Crippen molar-refractivity contribution < 1.29 is 4.74 Å². The first kappa shape index (κ1) is 19.6. The lowest BCUT2D eigenvalue weighted by molar-refractivity contribution is 0.119. The van der Waals surface area contributed by atoms with Crippen molar-refractivity contribution in [3.63, 3.8) is 0 Å². The van der Waals surface area contributed by atoms with Crippen molar-refractivity contribution in [3.8, 4) is 0 Å². The second kappa shape index (κ2) is 9.18. The molecule has 1 N–H and O–H groups in total. The number of aliphatic imine (C=N–C) groups is 1. The van der Waals surface area contributed by atoms with Crippen molar-refractivity contribution in [1.82, 2.24) is 15.2 Å². The van der Waals surface area contributed by atoms with Gasteiger partial charge in [0.1, 0.15) is 11.1 Å². The third-order valence-electron chi connectivity index (χ3n) is 6.01. The Kier molecular flexibility index (Phi) is 6.92. The Morgan fingerprint density at radius 3 is 2.96 bits per heavy atom. The predicted molar refractivity (Wildman–Crippen MR) is 109 cm³/mol. The van der Waals surface area contributed by atoms with Crippen LogP contribution in [0.1, 0.15) is 62.8 Å². The van der Waals surface area contributed by atoms with Crippen LogP contribution in [0.4, 0.5) is 0 Å². The minimum absolute atomic E-state index is 0.0581. The molecule has 2 aliphatic rings. The molecule has 0 amide bonds. The Hall–Kier alpha value is -1.14. The first-order valence-electron chi connectivity index (χ1n) is 10.1. The van der Waals surface area contributed by atoms with E-state index in [-0.39, 0.29) is 6.10 Å². The number of hydrogen-bond acceptors (Lipinski definition) is 4. The number of nitrogens with one attached hydrogen (secondary N) is 1. The standard InChI is InChI=1S/C20H34N4OS/c1-5-21-20(22-9-8-17-11-15-6-7-16(17)10-15)24(3)12-18-13-26-19(23-18)14(2)25-4/h13-17H,5-12H2,1-4H3,(H,21,22). The van der Waals surface area contributed by atoms with Gasteiger partial charge < -0.3 is 15.0 Å². The maximum Gasteiger partial charge on any atom is 0.194 e. The van der Waals surface area contributed by atoms with Crippen LogP contribution in [0.5, 0.6) is 0 Å². The third-order valence-corrected chi connectivity index (χ3v) is 7.07. The van der Waals surface area contributed by atoms with E-state index in [1.165, 1.54) is 32.1 Å². The van der Waals surface area contributed by atoms with E-state index in [0.717, 1.165) is 54.0 Å². The van der Waals surface area contributed by atoms with Crippen LogP contribution in [-0.2, 0) is 11.3 Å². The highest BCUT2D eigenvalue weighted by Gasteiger charge is 2.38. The zero-order valence-corrected chi connectivity index (χ0v) is 17.5. The average Bonchev–Trinajstić information content (AvgIpc) is 3.37. The van der Waals surface area contributed by atoms with Crippen LogP contribution in [0.15, 0.2) is 10.4 Å². The fraction of sp³-hybridized carbons (Fsp3) is 0.800. The summed E-state index contributed by atoms with van der Waals surface area (Å²) in [6, 6.07) is 0. The van der Waals surface area contributed by atoms with Gasteiger partial charge >= 0.3 is 0 Å². The average molecular weight is 379 g/mol. The Morgan fingerprint density at radius 1 is 1.46 bits per heavy atom. The van der Waals surface area contributed by atoms with Gasteiger partial charge in [0.15, 0.2) is 5.96 Å². The molecule has 4 unspecified atom stereocenters. The molecule has 26 heavy (non-hydrogen) atoms. The number of methoxy groups -OCH3 is 1. The molecule has 2 aliphatic carbocycles. The minimum Gasteiger partial charge on any atom is -0.375 e. The lowest BCUT2D eigenvalue weighted by Crippen LogP contribution is -2.38. The van der Waals surface area contributed by atoms with Crippen molar-refractivity contribution in [2.45, 2.75) is 58.6 Å². The summed E-state index contributed by atoms with van der Waals surface area (Å²) < 4.78 is 5.36. The Balaban J connectivity index is 1.53. The topological polar surface area (TPSA) is 49.8 Å². The van der Waals surface area contributed by atoms with Crippen LogP contribution in [0.2, 0.25) is 0 Å². The summed E-state index contributed by atoms with van der Waals surface area (Å²) in [5.41, 5.74) is 1.08. The van der Waals surface area contributed by atoms with Gasteiger partial charge in [-0.15, -0.1) is 11.3 Å². The SMILES string of the molecule is CCNC(=NCCC1CC2CCC1C2)N(C)Cc1csc(C(C)OC)n1. The van der Waals surface area contributed by atoms with Gasteiger partial charge in [-0.05, 0) is 57.3 Å². The number of hydrogen-bond donors (Lipinski definition) is 1. The quantitative estimate of drug-likeness (QED) is 0.547. The van der Waals surface area contributed by atoms with Gasteiger partial charge in [0, 0.05) is 32.6 Å². The maximum absolute atomic E-state index is 5.36. The summed E-state index contributed by atoms with van der Waals surface area (Å²) >= 11 is 1.67. The molecule has 6 heteroatoms. The Morgan fingerprint density at radius 2 is 2.31 bits per heavy atom. The molecule has 0 spiro atoms. The summed E-state index contributed by atoms with van der Waals surface area (Å²) in [6.45, 7) is 6.75. The molecular formula is C20H34N4OS. The normalized spacial score (nSPS) is 26.3. The van der Waals surface area contributed by atoms with Crippen molar-refractivity contribution in [2.24, 2.45) is 22.7 Å². The van der Waals surface area contributed by atoms with E-state index in [4.69, 9.17) is 14.7 Å². The van der Waals surface area contributed by atoms with E-state index in [0.29, 0.717) is 0 Å². The largest absolute Gasteiger partial charge is 0.375 e. The summed E-state index contributed by atoms with van der Waals surface area (Å²) in [6.07, 6.45) is 7.18. The molecule has 0 aliphatic heterocycles. The van der Waals surface area contributed by atoms with E-state index in [9.17, 15) is 0 Å². The highest BCUT2D eigenvalue weighted by molar-refractivity contribution is 7.09. The number of ether oxygens (including phenoxy) is 1.